The zero-order valence-electron chi connectivity index (χ0n) is 13.8. The molecule has 7 nitrogen and oxygen atoms in total. The average Bonchev–Trinajstić information content (AvgIpc) is 3.10. The van der Waals surface area contributed by atoms with Crippen LogP contribution in [0.2, 0.25) is 0 Å². The smallest absolute Gasteiger partial charge is 0.475 e. The number of aryl methyl sites for hydroxylation is 1. The number of ether oxygens (including phenoxy) is 1. The highest BCUT2D eigenvalue weighted by molar-refractivity contribution is 5.73. The first-order valence-electron chi connectivity index (χ1n) is 8.32. The Bertz CT molecular complexity index is 603. The van der Waals surface area contributed by atoms with Crippen molar-refractivity contribution < 1.29 is 27.8 Å². The fourth-order valence-electron chi connectivity index (χ4n) is 3.52. The van der Waals surface area contributed by atoms with Crippen LogP contribution in [-0.4, -0.2) is 62.6 Å². The molecule has 25 heavy (non-hydrogen) atoms. The Kier molecular flexibility index (Phi) is 5.01. The normalized spacial score (nSPS) is 29.7. The molecule has 2 N–H and O–H groups in total. The van der Waals surface area contributed by atoms with Crippen LogP contribution in [0.1, 0.15) is 43.4 Å². The number of nitrogens with one attached hydrogen (secondary N) is 1. The Morgan fingerprint density at radius 1 is 1.36 bits per heavy atom. The SMILES string of the molecule is Cc1nc([C@@H]2C[C@H]3CN(C4CCC4)C[C@H]3O2)n[nH]1.O=C(O)C(F)(F)F. The first-order chi connectivity index (χ1) is 11.7. The summed E-state index contributed by atoms with van der Waals surface area (Å²) in [4.78, 5) is 15.9. The molecule has 1 aliphatic carbocycles. The highest BCUT2D eigenvalue weighted by Gasteiger charge is 2.45. The van der Waals surface area contributed by atoms with E-state index in [2.05, 4.69) is 20.1 Å². The second-order valence-corrected chi connectivity index (χ2v) is 6.78. The highest BCUT2D eigenvalue weighted by Crippen LogP contribution is 2.42. The van der Waals surface area contributed by atoms with Crippen LogP contribution in [0, 0.1) is 12.8 Å². The maximum Gasteiger partial charge on any atom is 0.490 e. The molecule has 1 saturated carbocycles. The van der Waals surface area contributed by atoms with Gasteiger partial charge in [-0.25, -0.2) is 9.78 Å². The number of hydrogen-bond donors (Lipinski definition) is 2. The van der Waals surface area contributed by atoms with E-state index in [4.69, 9.17) is 14.6 Å². The number of nitrogens with zero attached hydrogens (tertiary/aromatic N) is 3. The zero-order valence-corrected chi connectivity index (χ0v) is 13.8. The van der Waals surface area contributed by atoms with Gasteiger partial charge in [-0.05, 0) is 26.2 Å². The monoisotopic (exact) mass is 362 g/mol. The molecule has 4 rings (SSSR count). The van der Waals surface area contributed by atoms with E-state index in [0.29, 0.717) is 12.0 Å². The van der Waals surface area contributed by atoms with Crippen LogP contribution in [0.25, 0.3) is 0 Å². The summed E-state index contributed by atoms with van der Waals surface area (Å²) in [5, 5.41) is 14.3. The summed E-state index contributed by atoms with van der Waals surface area (Å²) in [5.74, 6) is -0.347. The van der Waals surface area contributed by atoms with Crippen molar-refractivity contribution in [3.8, 4) is 0 Å². The van der Waals surface area contributed by atoms with E-state index in [1.807, 2.05) is 6.92 Å². The summed E-state index contributed by atoms with van der Waals surface area (Å²) in [6, 6.07) is 0.850. The number of aromatic amines is 1. The van der Waals surface area contributed by atoms with Crippen molar-refractivity contribution in [2.45, 2.75) is 57.0 Å². The molecule has 0 bridgehead atoms. The molecule has 0 spiro atoms. The second kappa shape index (κ2) is 6.91. The van der Waals surface area contributed by atoms with Crippen molar-refractivity contribution in [3.05, 3.63) is 11.6 Å². The number of alkyl halides is 3. The van der Waals surface area contributed by atoms with E-state index in [1.54, 1.807) is 0 Å². The number of likely N-dealkylation sites (tertiary alicyclic amines) is 1. The molecule has 2 aliphatic heterocycles. The molecular weight excluding hydrogens is 341 g/mol. The summed E-state index contributed by atoms with van der Waals surface area (Å²) >= 11 is 0. The zero-order chi connectivity index (χ0) is 18.2. The summed E-state index contributed by atoms with van der Waals surface area (Å²) in [5.41, 5.74) is 0. The molecule has 0 unspecified atom stereocenters. The third-order valence-electron chi connectivity index (χ3n) is 5.00. The molecule has 3 fully saturated rings. The molecule has 0 amide bonds. The third-order valence-corrected chi connectivity index (χ3v) is 5.00. The van der Waals surface area contributed by atoms with Crippen LogP contribution in [0.3, 0.4) is 0 Å². The molecule has 2 saturated heterocycles. The number of fused-ring (bicyclic) bond motifs is 1. The quantitative estimate of drug-likeness (QED) is 0.837. The first kappa shape index (κ1) is 18.1. The minimum absolute atomic E-state index is 0.119. The van der Waals surface area contributed by atoms with Crippen molar-refractivity contribution in [2.75, 3.05) is 13.1 Å². The fourth-order valence-corrected chi connectivity index (χ4v) is 3.52. The number of rotatable bonds is 2. The summed E-state index contributed by atoms with van der Waals surface area (Å²) in [7, 11) is 0. The first-order valence-corrected chi connectivity index (χ1v) is 8.32. The van der Waals surface area contributed by atoms with E-state index in [0.717, 1.165) is 30.7 Å². The molecule has 0 aromatic carbocycles. The molecular formula is C15H21F3N4O3. The summed E-state index contributed by atoms with van der Waals surface area (Å²) in [6.07, 6.45) is 0.732. The standard InChI is InChI=1S/C13H20N4O.C2HF3O2/c1-8-14-13(16-15-8)11-5-9-6-17(7-12(9)18-11)10-3-2-4-10;3-2(4,5)1(6)7/h9-12H,2-7H2,1H3,(H,14,15,16);(H,6,7)/t9-,11-,12+;/m0./s1. The summed E-state index contributed by atoms with van der Waals surface area (Å²) in [6.45, 7) is 4.27. The van der Waals surface area contributed by atoms with Crippen LogP contribution < -0.4 is 0 Å². The van der Waals surface area contributed by atoms with Gasteiger partial charge in [-0.15, -0.1) is 0 Å². The number of carbonyl (C=O) groups is 1. The van der Waals surface area contributed by atoms with Gasteiger partial charge in [0.1, 0.15) is 11.9 Å². The Balaban J connectivity index is 0.000000225. The van der Waals surface area contributed by atoms with Gasteiger partial charge in [0.05, 0.1) is 6.10 Å². The van der Waals surface area contributed by atoms with Gasteiger partial charge in [-0.1, -0.05) is 6.42 Å². The van der Waals surface area contributed by atoms with Gasteiger partial charge >= 0.3 is 12.1 Å². The summed E-state index contributed by atoms with van der Waals surface area (Å²) < 4.78 is 37.9. The number of carboxylic acids is 1. The van der Waals surface area contributed by atoms with Gasteiger partial charge in [-0.3, -0.25) is 10.00 Å². The van der Waals surface area contributed by atoms with Crippen LogP contribution in [0.4, 0.5) is 13.2 Å². The molecule has 10 heteroatoms. The van der Waals surface area contributed by atoms with E-state index in [-0.39, 0.29) is 6.10 Å². The molecule has 1 aromatic heterocycles. The third kappa shape index (κ3) is 4.12. The van der Waals surface area contributed by atoms with Crippen LogP contribution in [0.15, 0.2) is 0 Å². The number of H-pyrrole nitrogens is 1. The van der Waals surface area contributed by atoms with Crippen molar-refractivity contribution in [2.24, 2.45) is 5.92 Å². The molecule has 3 aliphatic rings. The molecule has 140 valence electrons. The van der Waals surface area contributed by atoms with Gasteiger partial charge in [0.25, 0.3) is 0 Å². The van der Waals surface area contributed by atoms with Gasteiger partial charge in [0, 0.05) is 25.0 Å². The number of carboxylic acid groups (broad SMARTS) is 1. The van der Waals surface area contributed by atoms with Crippen LogP contribution in [-0.2, 0) is 9.53 Å². The lowest BCUT2D eigenvalue weighted by Crippen LogP contribution is -2.39. The average molecular weight is 362 g/mol. The number of aliphatic carboxylic acids is 1. The molecule has 0 radical (unpaired) electrons. The predicted octanol–water partition coefficient (Wildman–Crippen LogP) is 2.06. The van der Waals surface area contributed by atoms with Gasteiger partial charge in [0.2, 0.25) is 0 Å². The largest absolute Gasteiger partial charge is 0.490 e. The topological polar surface area (TPSA) is 91.3 Å². The van der Waals surface area contributed by atoms with E-state index in [9.17, 15) is 13.2 Å². The highest BCUT2D eigenvalue weighted by atomic mass is 19.4. The van der Waals surface area contributed by atoms with E-state index in [1.165, 1.54) is 25.8 Å². The Labute approximate surface area is 142 Å². The number of aromatic nitrogens is 3. The minimum Gasteiger partial charge on any atom is -0.475 e. The van der Waals surface area contributed by atoms with Crippen molar-refractivity contribution in [1.82, 2.24) is 20.1 Å². The molecule has 1 aromatic rings. The predicted molar refractivity (Wildman–Crippen MR) is 79.7 cm³/mol. The van der Waals surface area contributed by atoms with Gasteiger partial charge in [-0.2, -0.15) is 18.3 Å². The Morgan fingerprint density at radius 3 is 2.48 bits per heavy atom. The molecule has 3 atom stereocenters. The van der Waals surface area contributed by atoms with Gasteiger partial charge in [0.15, 0.2) is 5.82 Å². The van der Waals surface area contributed by atoms with Crippen LogP contribution >= 0.6 is 0 Å². The Morgan fingerprint density at radius 2 is 2.04 bits per heavy atom. The van der Waals surface area contributed by atoms with E-state index < -0.39 is 12.1 Å². The molecule has 3 heterocycles. The maximum absolute atomic E-state index is 10.6. The number of hydrogen-bond acceptors (Lipinski definition) is 5. The minimum atomic E-state index is -5.08. The lowest BCUT2D eigenvalue weighted by atomic mass is 9.92. The van der Waals surface area contributed by atoms with Crippen LogP contribution in [0.5, 0.6) is 0 Å². The van der Waals surface area contributed by atoms with Gasteiger partial charge < -0.3 is 9.84 Å². The second-order valence-electron chi connectivity index (χ2n) is 6.78. The Hall–Kier alpha value is -1.68. The fraction of sp³-hybridized carbons (Fsp3) is 0.800. The lowest BCUT2D eigenvalue weighted by Gasteiger charge is -2.35. The number of halogens is 3. The van der Waals surface area contributed by atoms with Crippen molar-refractivity contribution in [1.29, 1.82) is 0 Å². The van der Waals surface area contributed by atoms with Crippen molar-refractivity contribution >= 4 is 5.97 Å². The maximum atomic E-state index is 10.6. The van der Waals surface area contributed by atoms with Crippen molar-refractivity contribution in [3.63, 3.8) is 0 Å². The lowest BCUT2D eigenvalue weighted by molar-refractivity contribution is -0.192. The van der Waals surface area contributed by atoms with E-state index >= 15 is 0 Å².